The van der Waals surface area contributed by atoms with Crippen molar-refractivity contribution >= 4 is 11.6 Å². The highest BCUT2D eigenvalue weighted by molar-refractivity contribution is 5.96. The van der Waals surface area contributed by atoms with Crippen molar-refractivity contribution in [2.75, 3.05) is 7.05 Å². The van der Waals surface area contributed by atoms with Crippen LogP contribution in [0.2, 0.25) is 0 Å². The zero-order valence-corrected chi connectivity index (χ0v) is 15.8. The van der Waals surface area contributed by atoms with E-state index < -0.39 is 0 Å². The van der Waals surface area contributed by atoms with Crippen molar-refractivity contribution in [3.8, 4) is 11.1 Å². The lowest BCUT2D eigenvalue weighted by Crippen LogP contribution is -2.29. The number of carbonyl (C=O) groups is 1. The standard InChI is InChI=1S/C14H11N.C8H9N3O2/c1-11-5-3-6-12(9-11)13-7-4-8-14(10-13)15-2;1-5-9-4-7-6(3-10-13-7)8(12)11(5)2/h3-10H,1H3;3,9H,1,4H2,2H3. The molecule has 0 saturated carbocycles. The zero-order valence-electron chi connectivity index (χ0n) is 15.8. The van der Waals surface area contributed by atoms with Gasteiger partial charge in [0.15, 0.2) is 11.4 Å². The molecule has 4 rings (SSSR count). The zero-order chi connectivity index (χ0) is 20.1. The maximum Gasteiger partial charge on any atom is 0.264 e. The van der Waals surface area contributed by atoms with Gasteiger partial charge in [-0.3, -0.25) is 9.69 Å². The van der Waals surface area contributed by atoms with Crippen LogP contribution >= 0.6 is 0 Å². The van der Waals surface area contributed by atoms with Gasteiger partial charge in [-0.25, -0.2) is 4.85 Å². The molecule has 1 N–H and O–H groups in total. The van der Waals surface area contributed by atoms with Crippen LogP contribution in [0.5, 0.6) is 0 Å². The minimum atomic E-state index is -0.147. The van der Waals surface area contributed by atoms with E-state index in [4.69, 9.17) is 11.1 Å². The van der Waals surface area contributed by atoms with E-state index in [2.05, 4.69) is 47.0 Å². The molecule has 140 valence electrons. The molecule has 6 nitrogen and oxygen atoms in total. The number of nitrogens with one attached hydrogen (secondary N) is 1. The van der Waals surface area contributed by atoms with Crippen molar-refractivity contribution < 1.29 is 9.32 Å². The van der Waals surface area contributed by atoms with E-state index >= 15 is 0 Å². The number of amides is 1. The van der Waals surface area contributed by atoms with Crippen LogP contribution in [-0.4, -0.2) is 23.0 Å². The number of nitrogens with zero attached hydrogens (tertiary/aromatic N) is 3. The van der Waals surface area contributed by atoms with Crippen LogP contribution in [-0.2, 0) is 6.54 Å². The van der Waals surface area contributed by atoms with E-state index in [1.54, 1.807) is 7.05 Å². The molecule has 0 radical (unpaired) electrons. The van der Waals surface area contributed by atoms with Gasteiger partial charge in [0.05, 0.1) is 19.3 Å². The summed E-state index contributed by atoms with van der Waals surface area (Å²) >= 11 is 0. The third kappa shape index (κ3) is 4.10. The maximum atomic E-state index is 11.6. The number of rotatable bonds is 1. The van der Waals surface area contributed by atoms with Gasteiger partial charge in [0.25, 0.3) is 5.91 Å². The third-order valence-corrected chi connectivity index (χ3v) is 4.36. The van der Waals surface area contributed by atoms with Crippen LogP contribution in [0.15, 0.2) is 71.7 Å². The van der Waals surface area contributed by atoms with E-state index in [0.717, 1.165) is 5.56 Å². The van der Waals surface area contributed by atoms with Crippen molar-refractivity contribution in [1.82, 2.24) is 15.4 Å². The molecule has 0 saturated heterocycles. The summed E-state index contributed by atoms with van der Waals surface area (Å²) in [5.41, 5.74) is 4.69. The number of aryl methyl sites for hydroxylation is 1. The van der Waals surface area contributed by atoms with Crippen molar-refractivity contribution in [1.29, 1.82) is 0 Å². The molecule has 6 heteroatoms. The highest BCUT2D eigenvalue weighted by Gasteiger charge is 2.24. The molecule has 1 aliphatic heterocycles. The van der Waals surface area contributed by atoms with Crippen molar-refractivity contribution in [3.05, 3.63) is 95.4 Å². The molecule has 0 bridgehead atoms. The van der Waals surface area contributed by atoms with E-state index in [1.165, 1.54) is 22.2 Å². The molecule has 1 aromatic heterocycles. The quantitative estimate of drug-likeness (QED) is 0.637. The van der Waals surface area contributed by atoms with Gasteiger partial charge in [-0.2, -0.15) is 0 Å². The minimum Gasteiger partial charge on any atom is -0.364 e. The van der Waals surface area contributed by atoms with Crippen LogP contribution in [0.4, 0.5) is 5.69 Å². The Hall–Kier alpha value is -3.85. The lowest BCUT2D eigenvalue weighted by Gasteiger charge is -2.16. The summed E-state index contributed by atoms with van der Waals surface area (Å²) in [6, 6.07) is 16.0. The Balaban J connectivity index is 0.000000162. The van der Waals surface area contributed by atoms with E-state index in [9.17, 15) is 4.79 Å². The average molecular weight is 372 g/mol. The Morgan fingerprint density at radius 2 is 1.93 bits per heavy atom. The number of hydrogen-bond acceptors (Lipinski definition) is 4. The maximum absolute atomic E-state index is 11.6. The van der Waals surface area contributed by atoms with Crippen molar-refractivity contribution in [2.45, 2.75) is 13.5 Å². The molecule has 1 aliphatic rings. The summed E-state index contributed by atoms with van der Waals surface area (Å²) < 4.78 is 4.90. The fourth-order valence-electron chi connectivity index (χ4n) is 2.75. The number of carbonyl (C=O) groups excluding carboxylic acids is 1. The second-order valence-electron chi connectivity index (χ2n) is 6.36. The van der Waals surface area contributed by atoms with Gasteiger partial charge in [-0.1, -0.05) is 59.8 Å². The predicted molar refractivity (Wildman–Crippen MR) is 107 cm³/mol. The second-order valence-corrected chi connectivity index (χ2v) is 6.36. The Morgan fingerprint density at radius 3 is 2.64 bits per heavy atom. The van der Waals surface area contributed by atoms with Gasteiger partial charge in [0.2, 0.25) is 0 Å². The first-order valence-electron chi connectivity index (χ1n) is 8.68. The fourth-order valence-corrected chi connectivity index (χ4v) is 2.75. The van der Waals surface area contributed by atoms with Gasteiger partial charge >= 0.3 is 0 Å². The van der Waals surface area contributed by atoms with Crippen LogP contribution in [0.3, 0.4) is 0 Å². The summed E-state index contributed by atoms with van der Waals surface area (Å²) in [4.78, 5) is 16.5. The highest BCUT2D eigenvalue weighted by Crippen LogP contribution is 2.24. The topological polar surface area (TPSA) is 62.7 Å². The van der Waals surface area contributed by atoms with E-state index in [1.807, 2.05) is 30.3 Å². The number of fused-ring (bicyclic) bond motifs is 1. The lowest BCUT2D eigenvalue weighted by molar-refractivity contribution is 0.0833. The number of hydrogen-bond donors (Lipinski definition) is 1. The molecule has 0 atom stereocenters. The lowest BCUT2D eigenvalue weighted by atomic mass is 10.0. The molecule has 0 spiro atoms. The van der Waals surface area contributed by atoms with Gasteiger partial charge in [-0.15, -0.1) is 0 Å². The van der Waals surface area contributed by atoms with Crippen molar-refractivity contribution in [2.24, 2.45) is 0 Å². The van der Waals surface area contributed by atoms with Gasteiger partial charge < -0.3 is 9.84 Å². The van der Waals surface area contributed by atoms with E-state index in [0.29, 0.717) is 29.4 Å². The summed E-state index contributed by atoms with van der Waals surface area (Å²) in [6.45, 7) is 13.2. The third-order valence-electron chi connectivity index (χ3n) is 4.36. The van der Waals surface area contributed by atoms with Crippen LogP contribution in [0.25, 0.3) is 16.0 Å². The minimum absolute atomic E-state index is 0.147. The van der Waals surface area contributed by atoms with Gasteiger partial charge in [0.1, 0.15) is 11.4 Å². The second kappa shape index (κ2) is 8.23. The monoisotopic (exact) mass is 372 g/mol. The molecule has 0 fully saturated rings. The van der Waals surface area contributed by atoms with E-state index in [-0.39, 0.29) is 5.91 Å². The van der Waals surface area contributed by atoms with Crippen molar-refractivity contribution in [3.63, 3.8) is 0 Å². The molecule has 2 heterocycles. The summed E-state index contributed by atoms with van der Waals surface area (Å²) in [6.07, 6.45) is 1.43. The Labute approximate surface area is 163 Å². The van der Waals surface area contributed by atoms with Crippen LogP contribution in [0, 0.1) is 13.5 Å². The van der Waals surface area contributed by atoms with Gasteiger partial charge in [0, 0.05) is 7.05 Å². The normalized spacial score (nSPS) is 12.8. The van der Waals surface area contributed by atoms with Gasteiger partial charge in [-0.05, 0) is 24.1 Å². The molecule has 3 aromatic rings. The SMILES string of the molecule is C=C1NCc2oncc2C(=O)N1C.[C-]#[N+]c1cccc(-c2cccc(C)c2)c1. The molecular formula is C22H20N4O2. The van der Waals surface area contributed by atoms with Crippen LogP contribution < -0.4 is 5.32 Å². The molecular weight excluding hydrogens is 352 g/mol. The predicted octanol–water partition coefficient (Wildman–Crippen LogP) is 4.53. The average Bonchev–Trinajstić information content (AvgIpc) is 3.16. The summed E-state index contributed by atoms with van der Waals surface area (Å²) in [7, 11) is 1.65. The molecule has 0 aliphatic carbocycles. The number of benzene rings is 2. The molecule has 0 unspecified atom stereocenters. The smallest absolute Gasteiger partial charge is 0.264 e. The summed E-state index contributed by atoms with van der Waals surface area (Å²) in [5.74, 6) is 0.971. The molecule has 2 aromatic carbocycles. The highest BCUT2D eigenvalue weighted by atomic mass is 16.5. The Morgan fingerprint density at radius 1 is 1.21 bits per heavy atom. The molecule has 1 amide bonds. The largest absolute Gasteiger partial charge is 0.364 e. The first kappa shape index (κ1) is 18.9. The Kier molecular flexibility index (Phi) is 5.56. The Bertz CT molecular complexity index is 1060. The fraction of sp³-hybridized carbons (Fsp3) is 0.136. The first-order valence-corrected chi connectivity index (χ1v) is 8.68. The number of aromatic nitrogens is 1. The molecule has 28 heavy (non-hydrogen) atoms. The summed E-state index contributed by atoms with van der Waals surface area (Å²) in [5, 5.41) is 6.51. The van der Waals surface area contributed by atoms with Crippen LogP contribution in [0.1, 0.15) is 21.7 Å². The first-order chi connectivity index (χ1) is 13.5.